The number of hydrogen-bond donors (Lipinski definition) is 2. The first-order chi connectivity index (χ1) is 6.43. The van der Waals surface area contributed by atoms with E-state index in [1.807, 2.05) is 13.8 Å². The van der Waals surface area contributed by atoms with Gasteiger partial charge in [0.15, 0.2) is 0 Å². The van der Waals surface area contributed by atoms with E-state index in [1.54, 1.807) is 6.92 Å². The van der Waals surface area contributed by atoms with Crippen molar-refractivity contribution < 1.29 is 9.90 Å². The summed E-state index contributed by atoms with van der Waals surface area (Å²) < 4.78 is 0. The zero-order chi connectivity index (χ0) is 10.9. The smallest absolute Gasteiger partial charge is 0.326 e. The molecule has 0 amide bonds. The number of rotatable bonds is 3. The average Bonchev–Trinajstić information content (AvgIpc) is 2.46. The minimum atomic E-state index is -1.01. The van der Waals surface area contributed by atoms with Crippen molar-refractivity contribution in [1.82, 2.24) is 4.98 Å². The third kappa shape index (κ3) is 2.10. The number of aromatic nitrogens is 1. The molecule has 3 N–H and O–H groups in total. The second kappa shape index (κ2) is 4.06. The summed E-state index contributed by atoms with van der Waals surface area (Å²) in [5.41, 5.74) is 6.25. The standard InChI is InChI=1S/C9H14N2O2S/c1-4(2)8-11-5(3)7(14-8)6(10)9(12)13/h4,6H,10H2,1-3H3,(H,12,13). The van der Waals surface area contributed by atoms with E-state index in [4.69, 9.17) is 10.8 Å². The Kier molecular flexibility index (Phi) is 3.23. The Morgan fingerprint density at radius 1 is 1.57 bits per heavy atom. The lowest BCUT2D eigenvalue weighted by atomic mass is 10.2. The van der Waals surface area contributed by atoms with Crippen LogP contribution in [0.3, 0.4) is 0 Å². The molecule has 14 heavy (non-hydrogen) atoms. The molecule has 0 aliphatic carbocycles. The van der Waals surface area contributed by atoms with Crippen molar-refractivity contribution in [1.29, 1.82) is 0 Å². The number of carboxylic acids is 1. The van der Waals surface area contributed by atoms with Gasteiger partial charge in [-0.25, -0.2) is 4.98 Å². The van der Waals surface area contributed by atoms with Gasteiger partial charge in [-0.15, -0.1) is 11.3 Å². The zero-order valence-electron chi connectivity index (χ0n) is 8.44. The Bertz CT molecular complexity index is 347. The van der Waals surface area contributed by atoms with Crippen LogP contribution in [-0.2, 0) is 4.79 Å². The molecule has 0 aliphatic heterocycles. The van der Waals surface area contributed by atoms with Crippen molar-refractivity contribution in [2.45, 2.75) is 32.7 Å². The van der Waals surface area contributed by atoms with Gasteiger partial charge in [-0.1, -0.05) is 13.8 Å². The molecule has 0 radical (unpaired) electrons. The molecule has 0 bridgehead atoms. The third-order valence-electron chi connectivity index (χ3n) is 1.89. The fourth-order valence-electron chi connectivity index (χ4n) is 1.08. The molecular weight excluding hydrogens is 200 g/mol. The summed E-state index contributed by atoms with van der Waals surface area (Å²) in [6, 6.07) is -0.944. The van der Waals surface area contributed by atoms with Gasteiger partial charge in [0.2, 0.25) is 0 Å². The van der Waals surface area contributed by atoms with Gasteiger partial charge in [0.25, 0.3) is 0 Å². The quantitative estimate of drug-likeness (QED) is 0.802. The number of hydrogen-bond acceptors (Lipinski definition) is 4. The van der Waals surface area contributed by atoms with E-state index >= 15 is 0 Å². The minimum absolute atomic E-state index is 0.313. The molecule has 1 rings (SSSR count). The monoisotopic (exact) mass is 214 g/mol. The number of nitrogens with zero attached hydrogens (tertiary/aromatic N) is 1. The normalized spacial score (nSPS) is 13.2. The zero-order valence-corrected chi connectivity index (χ0v) is 9.26. The van der Waals surface area contributed by atoms with Gasteiger partial charge in [0, 0.05) is 5.92 Å². The minimum Gasteiger partial charge on any atom is -0.480 e. The lowest BCUT2D eigenvalue weighted by molar-refractivity contribution is -0.138. The third-order valence-corrected chi connectivity index (χ3v) is 3.43. The van der Waals surface area contributed by atoms with Crippen LogP contribution in [0.1, 0.15) is 41.4 Å². The molecule has 0 saturated heterocycles. The highest BCUT2D eigenvalue weighted by molar-refractivity contribution is 7.12. The SMILES string of the molecule is Cc1nc(C(C)C)sc1C(N)C(=O)O. The fraction of sp³-hybridized carbons (Fsp3) is 0.556. The summed E-state index contributed by atoms with van der Waals surface area (Å²) in [7, 11) is 0. The Morgan fingerprint density at radius 2 is 2.14 bits per heavy atom. The molecule has 5 heteroatoms. The summed E-state index contributed by atoms with van der Waals surface area (Å²) in [6.45, 7) is 5.84. The van der Waals surface area contributed by atoms with Gasteiger partial charge in [-0.3, -0.25) is 4.79 Å². The van der Waals surface area contributed by atoms with Crippen molar-refractivity contribution in [3.8, 4) is 0 Å². The molecular formula is C9H14N2O2S. The van der Waals surface area contributed by atoms with Crippen LogP contribution < -0.4 is 5.73 Å². The average molecular weight is 214 g/mol. The highest BCUT2D eigenvalue weighted by atomic mass is 32.1. The number of carboxylic acid groups (broad SMARTS) is 1. The van der Waals surface area contributed by atoms with Crippen LogP contribution in [0.15, 0.2) is 0 Å². The van der Waals surface area contributed by atoms with Crippen LogP contribution in [0.25, 0.3) is 0 Å². The number of aliphatic carboxylic acids is 1. The molecule has 1 atom stereocenters. The summed E-state index contributed by atoms with van der Waals surface area (Å²) in [5, 5.41) is 9.70. The van der Waals surface area contributed by atoms with Crippen LogP contribution in [0.2, 0.25) is 0 Å². The van der Waals surface area contributed by atoms with Gasteiger partial charge in [-0.05, 0) is 6.92 Å². The summed E-state index contributed by atoms with van der Waals surface area (Å²) >= 11 is 1.39. The van der Waals surface area contributed by atoms with Gasteiger partial charge >= 0.3 is 5.97 Å². The predicted octanol–water partition coefficient (Wildman–Crippen LogP) is 1.66. The molecule has 0 saturated carbocycles. The lowest BCUT2D eigenvalue weighted by Crippen LogP contribution is -2.20. The number of carbonyl (C=O) groups is 1. The Labute approximate surface area is 86.8 Å². The van der Waals surface area contributed by atoms with Gasteiger partial charge in [-0.2, -0.15) is 0 Å². The first-order valence-corrected chi connectivity index (χ1v) is 5.20. The van der Waals surface area contributed by atoms with Crippen molar-refractivity contribution in [3.63, 3.8) is 0 Å². The van der Waals surface area contributed by atoms with E-state index < -0.39 is 12.0 Å². The lowest BCUT2D eigenvalue weighted by Gasteiger charge is -2.02. The van der Waals surface area contributed by atoms with Crippen molar-refractivity contribution >= 4 is 17.3 Å². The molecule has 0 aromatic carbocycles. The molecule has 1 aromatic rings. The fourth-order valence-corrected chi connectivity index (χ4v) is 2.14. The maximum atomic E-state index is 10.7. The van der Waals surface area contributed by atoms with Crippen molar-refractivity contribution in [3.05, 3.63) is 15.6 Å². The van der Waals surface area contributed by atoms with Gasteiger partial charge in [0.05, 0.1) is 15.6 Å². The summed E-state index contributed by atoms with van der Waals surface area (Å²) in [5.74, 6) is -0.694. The van der Waals surface area contributed by atoms with E-state index in [1.165, 1.54) is 11.3 Å². The molecule has 1 aromatic heterocycles. The predicted molar refractivity (Wildman–Crippen MR) is 55.5 cm³/mol. The van der Waals surface area contributed by atoms with Gasteiger partial charge < -0.3 is 10.8 Å². The second-order valence-corrected chi connectivity index (χ2v) is 4.53. The molecule has 4 nitrogen and oxygen atoms in total. The summed E-state index contributed by atoms with van der Waals surface area (Å²) in [4.78, 5) is 15.6. The molecule has 0 fully saturated rings. The van der Waals surface area contributed by atoms with Gasteiger partial charge in [0.1, 0.15) is 6.04 Å². The van der Waals surface area contributed by atoms with E-state index in [9.17, 15) is 4.79 Å². The van der Waals surface area contributed by atoms with Crippen molar-refractivity contribution in [2.24, 2.45) is 5.73 Å². The van der Waals surface area contributed by atoms with Crippen molar-refractivity contribution in [2.75, 3.05) is 0 Å². The molecule has 1 unspecified atom stereocenters. The maximum absolute atomic E-state index is 10.7. The number of thiazole rings is 1. The largest absolute Gasteiger partial charge is 0.480 e. The molecule has 78 valence electrons. The Hall–Kier alpha value is -0.940. The second-order valence-electron chi connectivity index (χ2n) is 3.47. The Morgan fingerprint density at radius 3 is 2.50 bits per heavy atom. The van der Waals surface area contributed by atoms with E-state index in [0.717, 1.165) is 10.7 Å². The highest BCUT2D eigenvalue weighted by Gasteiger charge is 2.21. The Balaban J connectivity index is 3.04. The number of aryl methyl sites for hydroxylation is 1. The molecule has 0 aliphatic rings. The van der Waals surface area contributed by atoms with Crippen LogP contribution >= 0.6 is 11.3 Å². The maximum Gasteiger partial charge on any atom is 0.326 e. The first kappa shape index (κ1) is 11.1. The van der Waals surface area contributed by atoms with E-state index in [0.29, 0.717) is 10.8 Å². The summed E-state index contributed by atoms with van der Waals surface area (Å²) in [6.07, 6.45) is 0. The number of nitrogens with two attached hydrogens (primary N) is 1. The van der Waals surface area contributed by atoms with Crippen LogP contribution in [-0.4, -0.2) is 16.1 Å². The van der Waals surface area contributed by atoms with Crippen LogP contribution in [0.4, 0.5) is 0 Å². The highest BCUT2D eigenvalue weighted by Crippen LogP contribution is 2.28. The topological polar surface area (TPSA) is 76.2 Å². The first-order valence-electron chi connectivity index (χ1n) is 4.39. The molecule has 1 heterocycles. The van der Waals surface area contributed by atoms with Crippen LogP contribution in [0.5, 0.6) is 0 Å². The van der Waals surface area contributed by atoms with E-state index in [2.05, 4.69) is 4.98 Å². The molecule has 0 spiro atoms. The van der Waals surface area contributed by atoms with Crippen LogP contribution in [0, 0.1) is 6.92 Å². The van der Waals surface area contributed by atoms with E-state index in [-0.39, 0.29) is 0 Å².